The number of para-hydroxylation sites is 1. The van der Waals surface area contributed by atoms with E-state index in [4.69, 9.17) is 0 Å². The van der Waals surface area contributed by atoms with Crippen molar-refractivity contribution in [2.45, 2.75) is 18.4 Å². The predicted molar refractivity (Wildman–Crippen MR) is 121 cm³/mol. The molecule has 0 unspecified atom stereocenters. The molecule has 0 aliphatic heterocycles. The van der Waals surface area contributed by atoms with Crippen molar-refractivity contribution in [3.8, 4) is 11.8 Å². The number of pyridine rings is 1. The zero-order valence-corrected chi connectivity index (χ0v) is 16.7. The van der Waals surface area contributed by atoms with Crippen LogP contribution in [-0.4, -0.2) is 4.98 Å². The lowest BCUT2D eigenvalue weighted by molar-refractivity contribution is 0.981. The summed E-state index contributed by atoms with van der Waals surface area (Å²) in [5.74, 6) is 6.20. The van der Waals surface area contributed by atoms with E-state index in [1.54, 1.807) is 18.0 Å². The van der Waals surface area contributed by atoms with Gasteiger partial charge in [0.1, 0.15) is 0 Å². The fourth-order valence-corrected chi connectivity index (χ4v) is 3.45. The van der Waals surface area contributed by atoms with Crippen LogP contribution >= 0.6 is 11.9 Å². The summed E-state index contributed by atoms with van der Waals surface area (Å²) < 4.78 is 3.47. The molecule has 1 heterocycles. The van der Waals surface area contributed by atoms with E-state index >= 15 is 0 Å². The first-order valence-corrected chi connectivity index (χ1v) is 9.88. The van der Waals surface area contributed by atoms with Crippen LogP contribution in [0.4, 0.5) is 0 Å². The molecule has 138 valence electrons. The molecule has 3 aromatic rings. The van der Waals surface area contributed by atoms with Gasteiger partial charge in [0, 0.05) is 28.6 Å². The van der Waals surface area contributed by atoms with Gasteiger partial charge in [-0.2, -0.15) is 0 Å². The van der Waals surface area contributed by atoms with E-state index in [0.717, 1.165) is 17.6 Å². The third kappa shape index (κ3) is 5.47. The van der Waals surface area contributed by atoms with E-state index in [2.05, 4.69) is 71.4 Å². The lowest BCUT2D eigenvalue weighted by atomic mass is 10.1. The second-order valence-electron chi connectivity index (χ2n) is 6.14. The van der Waals surface area contributed by atoms with Crippen molar-refractivity contribution in [1.82, 2.24) is 9.71 Å². The second-order valence-corrected chi connectivity index (χ2v) is 7.07. The number of nitrogens with one attached hydrogen (secondary N) is 1. The summed E-state index contributed by atoms with van der Waals surface area (Å²) in [5.41, 5.74) is 4.49. The minimum atomic E-state index is 0.776. The van der Waals surface area contributed by atoms with E-state index < -0.39 is 0 Å². The van der Waals surface area contributed by atoms with Crippen molar-refractivity contribution < 1.29 is 0 Å². The molecule has 0 radical (unpaired) electrons. The highest BCUT2D eigenvalue weighted by atomic mass is 32.2. The lowest BCUT2D eigenvalue weighted by Crippen LogP contribution is -2.04. The lowest BCUT2D eigenvalue weighted by Gasteiger charge is -2.09. The first-order valence-electron chi connectivity index (χ1n) is 9.06. The number of hydrogen-bond acceptors (Lipinski definition) is 3. The van der Waals surface area contributed by atoms with Gasteiger partial charge in [-0.15, -0.1) is 0 Å². The van der Waals surface area contributed by atoms with E-state index in [9.17, 15) is 0 Å². The summed E-state index contributed by atoms with van der Waals surface area (Å²) in [6.07, 6.45) is 11.1. The molecule has 1 N–H and O–H groups in total. The molecule has 3 heteroatoms. The van der Waals surface area contributed by atoms with Gasteiger partial charge in [0.05, 0.1) is 5.52 Å². The molecule has 0 aliphatic carbocycles. The molecule has 0 amide bonds. The van der Waals surface area contributed by atoms with Crippen LogP contribution in [0.5, 0.6) is 0 Å². The average Bonchev–Trinajstić information content (AvgIpc) is 2.72. The zero-order chi connectivity index (χ0) is 19.6. The Labute approximate surface area is 171 Å². The average molecular weight is 383 g/mol. The zero-order valence-electron chi connectivity index (χ0n) is 15.9. The number of hydrogen-bond donors (Lipinski definition) is 1. The maximum atomic E-state index is 4.42. The minimum Gasteiger partial charge on any atom is -0.256 e. The molecular weight excluding hydrogens is 360 g/mol. The summed E-state index contributed by atoms with van der Waals surface area (Å²) in [4.78, 5) is 5.62. The van der Waals surface area contributed by atoms with Crippen molar-refractivity contribution in [2.24, 2.45) is 0 Å². The number of aryl methyl sites for hydroxylation is 1. The Morgan fingerprint density at radius 1 is 1.11 bits per heavy atom. The van der Waals surface area contributed by atoms with Gasteiger partial charge in [-0.25, -0.2) is 0 Å². The van der Waals surface area contributed by atoms with Crippen LogP contribution in [0.3, 0.4) is 0 Å². The number of rotatable bonds is 6. The Balaban J connectivity index is 1.61. The molecule has 0 saturated carbocycles. The molecule has 2 nitrogen and oxygen atoms in total. The maximum absolute atomic E-state index is 4.42. The van der Waals surface area contributed by atoms with Crippen LogP contribution in [0.25, 0.3) is 10.9 Å². The van der Waals surface area contributed by atoms with Crippen LogP contribution < -0.4 is 4.72 Å². The van der Waals surface area contributed by atoms with Crippen molar-refractivity contribution in [1.29, 1.82) is 0 Å². The molecule has 0 atom stereocenters. The Bertz CT molecular complexity index is 1080. The van der Waals surface area contributed by atoms with Crippen LogP contribution in [0.2, 0.25) is 0 Å². The van der Waals surface area contributed by atoms with E-state index in [-0.39, 0.29) is 0 Å². The first kappa shape index (κ1) is 19.7. The summed E-state index contributed by atoms with van der Waals surface area (Å²) in [5, 5.41) is 1.19. The Morgan fingerprint density at radius 2 is 2.00 bits per heavy atom. The Morgan fingerprint density at radius 3 is 2.86 bits per heavy atom. The van der Waals surface area contributed by atoms with Crippen LogP contribution in [-0.2, 0) is 6.54 Å². The highest BCUT2D eigenvalue weighted by Crippen LogP contribution is 2.22. The fourth-order valence-electron chi connectivity index (χ4n) is 2.71. The molecule has 0 saturated heterocycles. The number of benzene rings is 2. The molecule has 0 fully saturated rings. The topological polar surface area (TPSA) is 24.9 Å². The number of nitrogens with zero attached hydrogens (tertiary/aromatic N) is 1. The first-order chi connectivity index (χ1) is 13.8. The monoisotopic (exact) mass is 382 g/mol. The molecule has 0 bridgehead atoms. The van der Waals surface area contributed by atoms with Crippen molar-refractivity contribution in [2.75, 3.05) is 0 Å². The molecule has 0 spiro atoms. The van der Waals surface area contributed by atoms with E-state index in [0.29, 0.717) is 0 Å². The van der Waals surface area contributed by atoms with Gasteiger partial charge in [0.2, 0.25) is 0 Å². The van der Waals surface area contributed by atoms with Gasteiger partial charge in [-0.3, -0.25) is 9.71 Å². The second kappa shape index (κ2) is 10.3. The molecule has 3 rings (SSSR count). The fraction of sp³-hybridized carbons (Fsp3) is 0.0800. The van der Waals surface area contributed by atoms with Gasteiger partial charge in [-0.1, -0.05) is 60.9 Å². The summed E-state index contributed by atoms with van der Waals surface area (Å²) in [7, 11) is 0. The summed E-state index contributed by atoms with van der Waals surface area (Å²) >= 11 is 1.65. The highest BCUT2D eigenvalue weighted by molar-refractivity contribution is 7.97. The Kier molecular flexibility index (Phi) is 7.26. The minimum absolute atomic E-state index is 0.776. The smallest absolute Gasteiger partial charge is 0.0705 e. The normalized spacial score (nSPS) is 11.0. The Hall–Kier alpha value is -3.06. The van der Waals surface area contributed by atoms with Crippen molar-refractivity contribution >= 4 is 22.9 Å². The molecule has 2 aromatic carbocycles. The van der Waals surface area contributed by atoms with Gasteiger partial charge in [0.25, 0.3) is 0 Å². The molecular formula is C25H22N2S. The van der Waals surface area contributed by atoms with Crippen LogP contribution in [0, 0.1) is 18.8 Å². The van der Waals surface area contributed by atoms with Gasteiger partial charge in [-0.05, 0) is 66.4 Å². The maximum Gasteiger partial charge on any atom is 0.0705 e. The molecule has 0 aliphatic rings. The predicted octanol–water partition coefficient (Wildman–Crippen LogP) is 5.99. The quantitative estimate of drug-likeness (QED) is 0.322. The SMILES string of the molecule is C=C/C=C\C=C\C#Cc1ccc(SNCc2ccnc3ccccc23)c(C)c1. The van der Waals surface area contributed by atoms with Gasteiger partial charge >= 0.3 is 0 Å². The van der Waals surface area contributed by atoms with Gasteiger partial charge < -0.3 is 0 Å². The van der Waals surface area contributed by atoms with Crippen molar-refractivity contribution in [3.63, 3.8) is 0 Å². The van der Waals surface area contributed by atoms with E-state index in [1.165, 1.54) is 21.4 Å². The van der Waals surface area contributed by atoms with Crippen LogP contribution in [0.1, 0.15) is 16.7 Å². The molecule has 28 heavy (non-hydrogen) atoms. The summed E-state index contributed by atoms with van der Waals surface area (Å²) in [6, 6.07) is 16.6. The molecule has 1 aromatic heterocycles. The highest BCUT2D eigenvalue weighted by Gasteiger charge is 2.03. The standard InChI is InChI=1S/C25H22N2S/c1-3-4-5-6-7-8-11-21-14-15-25(20(2)18-21)28-27-19-22-16-17-26-24-13-10-9-12-23(22)24/h3-7,9-10,12-18,27H,1,19H2,2H3/b5-4-,7-6+. The van der Waals surface area contributed by atoms with Crippen LogP contribution in [0.15, 0.2) is 96.6 Å². The van der Waals surface area contributed by atoms with Gasteiger partial charge in [0.15, 0.2) is 0 Å². The summed E-state index contributed by atoms with van der Waals surface area (Å²) in [6.45, 7) is 6.52. The number of aromatic nitrogens is 1. The number of fused-ring (bicyclic) bond motifs is 1. The number of allylic oxidation sites excluding steroid dienone is 5. The third-order valence-corrected chi connectivity index (χ3v) is 5.08. The van der Waals surface area contributed by atoms with E-state index in [1.807, 2.05) is 42.6 Å². The largest absolute Gasteiger partial charge is 0.256 e. The third-order valence-electron chi connectivity index (χ3n) is 4.11. The van der Waals surface area contributed by atoms with Crippen molar-refractivity contribution in [3.05, 3.63) is 108 Å².